The number of carbonyl (C=O) groups excluding carboxylic acids is 1. The van der Waals surface area contributed by atoms with Crippen molar-refractivity contribution in [2.45, 2.75) is 12.0 Å². The predicted molar refractivity (Wildman–Crippen MR) is 118 cm³/mol. The number of hydrazone groups is 2. The molecule has 30 heavy (non-hydrogen) atoms. The van der Waals surface area contributed by atoms with E-state index in [4.69, 9.17) is 4.74 Å². The van der Waals surface area contributed by atoms with Crippen molar-refractivity contribution in [2.75, 3.05) is 7.11 Å². The van der Waals surface area contributed by atoms with Gasteiger partial charge in [-0.2, -0.15) is 10.2 Å². The normalized spacial score (nSPS) is 14.8. The van der Waals surface area contributed by atoms with Crippen LogP contribution in [0.5, 0.6) is 5.75 Å². The van der Waals surface area contributed by atoms with Crippen LogP contribution in [0, 0.1) is 0 Å². The van der Waals surface area contributed by atoms with Crippen molar-refractivity contribution in [1.82, 2.24) is 10.9 Å². The maximum absolute atomic E-state index is 12.7. The van der Waals surface area contributed by atoms with Crippen LogP contribution in [0.15, 0.2) is 95.1 Å². The maximum atomic E-state index is 12.7. The zero-order valence-corrected chi connectivity index (χ0v) is 16.6. The first-order chi connectivity index (χ1) is 14.7. The number of methoxy groups -OCH3 is 1. The highest BCUT2D eigenvalue weighted by Crippen LogP contribution is 2.36. The van der Waals surface area contributed by atoms with E-state index < -0.39 is 5.54 Å². The van der Waals surface area contributed by atoms with Crippen LogP contribution in [-0.2, 0) is 10.3 Å². The van der Waals surface area contributed by atoms with Gasteiger partial charge >= 0.3 is 0 Å². The molecule has 0 spiro atoms. The molecule has 0 aliphatic carbocycles. The van der Waals surface area contributed by atoms with Crippen LogP contribution in [0.4, 0.5) is 0 Å². The monoisotopic (exact) mass is 398 g/mol. The van der Waals surface area contributed by atoms with E-state index in [1.807, 2.05) is 84.9 Å². The summed E-state index contributed by atoms with van der Waals surface area (Å²) >= 11 is 0. The van der Waals surface area contributed by atoms with Gasteiger partial charge in [-0.05, 0) is 23.3 Å². The Morgan fingerprint density at radius 2 is 1.60 bits per heavy atom. The van der Waals surface area contributed by atoms with Gasteiger partial charge in [0.1, 0.15) is 17.0 Å². The van der Waals surface area contributed by atoms with Crippen LogP contribution < -0.4 is 15.6 Å². The lowest BCUT2D eigenvalue weighted by molar-refractivity contribution is -0.114. The first-order valence-electron chi connectivity index (χ1n) is 9.64. The second-order valence-electron chi connectivity index (χ2n) is 6.93. The SMILES string of the molecule is COc1ccccc1C=NNC(=O)C1=NNC(c2ccccc2)(c2ccccc2)C1. The summed E-state index contributed by atoms with van der Waals surface area (Å²) in [4.78, 5) is 12.7. The number of rotatable bonds is 6. The van der Waals surface area contributed by atoms with Crippen molar-refractivity contribution in [3.63, 3.8) is 0 Å². The highest BCUT2D eigenvalue weighted by molar-refractivity contribution is 6.39. The molecule has 1 amide bonds. The van der Waals surface area contributed by atoms with Gasteiger partial charge in [0, 0.05) is 12.0 Å². The molecular formula is C24H22N4O2. The van der Waals surface area contributed by atoms with Crippen molar-refractivity contribution in [3.05, 3.63) is 102 Å². The first-order valence-corrected chi connectivity index (χ1v) is 9.64. The van der Waals surface area contributed by atoms with Crippen LogP contribution in [-0.4, -0.2) is 24.9 Å². The molecule has 1 heterocycles. The van der Waals surface area contributed by atoms with Gasteiger partial charge in [0.2, 0.25) is 0 Å². The number of para-hydroxylation sites is 1. The van der Waals surface area contributed by atoms with Crippen molar-refractivity contribution in [3.8, 4) is 5.75 Å². The molecule has 3 aromatic rings. The Balaban J connectivity index is 1.52. The zero-order valence-electron chi connectivity index (χ0n) is 16.6. The van der Waals surface area contributed by atoms with E-state index in [0.717, 1.165) is 16.7 Å². The van der Waals surface area contributed by atoms with Crippen molar-refractivity contribution in [1.29, 1.82) is 0 Å². The lowest BCUT2D eigenvalue weighted by atomic mass is 9.80. The number of nitrogens with zero attached hydrogens (tertiary/aromatic N) is 2. The number of benzene rings is 3. The summed E-state index contributed by atoms with van der Waals surface area (Å²) in [5.41, 5.74) is 8.43. The average Bonchev–Trinajstić information content (AvgIpc) is 3.27. The van der Waals surface area contributed by atoms with Gasteiger partial charge in [-0.15, -0.1) is 0 Å². The smallest absolute Gasteiger partial charge is 0.287 e. The summed E-state index contributed by atoms with van der Waals surface area (Å²) in [5, 5.41) is 8.43. The lowest BCUT2D eigenvalue weighted by Crippen LogP contribution is -2.38. The van der Waals surface area contributed by atoms with E-state index in [0.29, 0.717) is 17.9 Å². The number of ether oxygens (including phenoxy) is 1. The molecule has 1 aliphatic heterocycles. The number of nitrogens with one attached hydrogen (secondary N) is 2. The third kappa shape index (κ3) is 3.80. The molecule has 1 aliphatic rings. The molecule has 2 N–H and O–H groups in total. The Morgan fingerprint density at radius 1 is 1.00 bits per heavy atom. The van der Waals surface area contributed by atoms with Crippen molar-refractivity contribution >= 4 is 17.8 Å². The third-order valence-corrected chi connectivity index (χ3v) is 5.12. The fraction of sp³-hybridized carbons (Fsp3) is 0.125. The molecule has 0 radical (unpaired) electrons. The Bertz CT molecular complexity index is 1040. The Morgan fingerprint density at radius 3 is 2.23 bits per heavy atom. The minimum absolute atomic E-state index is 0.345. The van der Waals surface area contributed by atoms with Gasteiger partial charge in [0.05, 0.1) is 13.3 Å². The van der Waals surface area contributed by atoms with Gasteiger partial charge in [0.15, 0.2) is 0 Å². The second-order valence-corrected chi connectivity index (χ2v) is 6.93. The standard InChI is InChI=1S/C24H22N4O2/c1-30-22-15-9-8-10-18(22)17-25-27-23(29)21-16-24(28-26-21,19-11-4-2-5-12-19)20-13-6-3-7-14-20/h2-15,17,28H,16H2,1H3,(H,27,29). The molecule has 0 atom stereocenters. The van der Waals surface area contributed by atoms with Crippen LogP contribution in [0.2, 0.25) is 0 Å². The minimum Gasteiger partial charge on any atom is -0.496 e. The molecule has 0 bridgehead atoms. The van der Waals surface area contributed by atoms with E-state index in [-0.39, 0.29) is 5.91 Å². The topological polar surface area (TPSA) is 75.1 Å². The van der Waals surface area contributed by atoms with Gasteiger partial charge in [-0.3, -0.25) is 10.2 Å². The van der Waals surface area contributed by atoms with Crippen molar-refractivity contribution < 1.29 is 9.53 Å². The minimum atomic E-state index is -0.596. The lowest BCUT2D eigenvalue weighted by Gasteiger charge is -2.30. The molecule has 6 nitrogen and oxygen atoms in total. The summed E-state index contributed by atoms with van der Waals surface area (Å²) in [7, 11) is 1.59. The van der Waals surface area contributed by atoms with Crippen molar-refractivity contribution in [2.24, 2.45) is 10.2 Å². The molecule has 4 rings (SSSR count). The summed E-state index contributed by atoms with van der Waals surface area (Å²) in [6, 6.07) is 27.5. The summed E-state index contributed by atoms with van der Waals surface area (Å²) in [6.07, 6.45) is 1.97. The van der Waals surface area contributed by atoms with E-state index in [1.165, 1.54) is 0 Å². The molecule has 0 aromatic heterocycles. The zero-order chi connectivity index (χ0) is 20.8. The fourth-order valence-electron chi connectivity index (χ4n) is 3.57. The Kier molecular flexibility index (Phi) is 5.57. The Labute approximate surface area is 175 Å². The number of amides is 1. The molecule has 0 fully saturated rings. The molecule has 6 heteroatoms. The number of carbonyl (C=O) groups is 1. The van der Waals surface area contributed by atoms with Crippen LogP contribution in [0.1, 0.15) is 23.1 Å². The summed E-state index contributed by atoms with van der Waals surface area (Å²) in [6.45, 7) is 0. The van der Waals surface area contributed by atoms with E-state index in [2.05, 4.69) is 21.1 Å². The average molecular weight is 398 g/mol. The van der Waals surface area contributed by atoms with Crippen LogP contribution >= 0.6 is 0 Å². The largest absolute Gasteiger partial charge is 0.496 e. The number of hydrogen-bond acceptors (Lipinski definition) is 5. The van der Waals surface area contributed by atoms with Gasteiger partial charge in [-0.25, -0.2) is 5.43 Å². The highest BCUT2D eigenvalue weighted by Gasteiger charge is 2.41. The maximum Gasteiger partial charge on any atom is 0.287 e. The highest BCUT2D eigenvalue weighted by atomic mass is 16.5. The molecular weight excluding hydrogens is 376 g/mol. The van der Waals surface area contributed by atoms with Crippen LogP contribution in [0.3, 0.4) is 0 Å². The Hall–Kier alpha value is -3.93. The first kappa shape index (κ1) is 19.4. The third-order valence-electron chi connectivity index (χ3n) is 5.12. The summed E-state index contributed by atoms with van der Waals surface area (Å²) in [5.74, 6) is 0.338. The van der Waals surface area contributed by atoms with E-state index >= 15 is 0 Å². The molecule has 0 saturated heterocycles. The van der Waals surface area contributed by atoms with Gasteiger partial charge < -0.3 is 4.74 Å². The molecule has 3 aromatic carbocycles. The van der Waals surface area contributed by atoms with Gasteiger partial charge in [-0.1, -0.05) is 72.8 Å². The summed E-state index contributed by atoms with van der Waals surface area (Å²) < 4.78 is 5.29. The van der Waals surface area contributed by atoms with E-state index in [1.54, 1.807) is 13.3 Å². The van der Waals surface area contributed by atoms with E-state index in [9.17, 15) is 4.79 Å². The number of hydrogen-bond donors (Lipinski definition) is 2. The van der Waals surface area contributed by atoms with Crippen LogP contribution in [0.25, 0.3) is 0 Å². The molecule has 0 unspecified atom stereocenters. The fourth-order valence-corrected chi connectivity index (χ4v) is 3.57. The predicted octanol–water partition coefficient (Wildman–Crippen LogP) is 3.44. The molecule has 150 valence electrons. The molecule has 0 saturated carbocycles. The second kappa shape index (κ2) is 8.61. The van der Waals surface area contributed by atoms with Gasteiger partial charge in [0.25, 0.3) is 5.91 Å². The quantitative estimate of drug-likeness (QED) is 0.493.